The summed E-state index contributed by atoms with van der Waals surface area (Å²) in [5.74, 6) is 0.686. The SMILES string of the molecule is Cc1noc2ncnc(N3CCNC(C(=O)NCc4ccccn4)C3)c12. The molecule has 4 heterocycles. The zero-order valence-electron chi connectivity index (χ0n) is 14.3. The predicted octanol–water partition coefficient (Wildman–Crippen LogP) is 0.416. The summed E-state index contributed by atoms with van der Waals surface area (Å²) in [6, 6.07) is 5.29. The van der Waals surface area contributed by atoms with E-state index < -0.39 is 0 Å². The molecule has 0 bridgehead atoms. The molecule has 0 saturated carbocycles. The van der Waals surface area contributed by atoms with Gasteiger partial charge < -0.3 is 20.1 Å². The van der Waals surface area contributed by atoms with E-state index in [1.54, 1.807) is 6.20 Å². The van der Waals surface area contributed by atoms with Crippen LogP contribution in [0, 0.1) is 6.92 Å². The number of pyridine rings is 1. The minimum Gasteiger partial charge on any atom is -0.352 e. The molecule has 134 valence electrons. The quantitative estimate of drug-likeness (QED) is 0.694. The Kier molecular flexibility index (Phi) is 4.44. The van der Waals surface area contributed by atoms with Gasteiger partial charge in [0.2, 0.25) is 5.91 Å². The standard InChI is InChI=1S/C17H19N7O2/c1-11-14-15(21-10-22-17(14)26-23-11)24-7-6-19-13(9-24)16(25)20-8-12-4-2-3-5-18-12/h2-5,10,13,19H,6-9H2,1H3,(H,20,25). The van der Waals surface area contributed by atoms with Crippen LogP contribution in [0.2, 0.25) is 0 Å². The van der Waals surface area contributed by atoms with Gasteiger partial charge >= 0.3 is 0 Å². The van der Waals surface area contributed by atoms with E-state index >= 15 is 0 Å². The first-order valence-electron chi connectivity index (χ1n) is 8.45. The van der Waals surface area contributed by atoms with Crippen molar-refractivity contribution in [3.8, 4) is 0 Å². The van der Waals surface area contributed by atoms with Crippen LogP contribution in [0.4, 0.5) is 5.82 Å². The number of aromatic nitrogens is 4. The van der Waals surface area contributed by atoms with Crippen LogP contribution in [0.15, 0.2) is 35.2 Å². The summed E-state index contributed by atoms with van der Waals surface area (Å²) in [4.78, 5) is 27.3. The van der Waals surface area contributed by atoms with Gasteiger partial charge in [-0.2, -0.15) is 4.98 Å². The number of rotatable bonds is 4. The fourth-order valence-corrected chi connectivity index (χ4v) is 3.07. The molecule has 1 saturated heterocycles. The van der Waals surface area contributed by atoms with Crippen molar-refractivity contribution in [1.29, 1.82) is 0 Å². The van der Waals surface area contributed by atoms with Crippen molar-refractivity contribution in [3.63, 3.8) is 0 Å². The Bertz CT molecular complexity index is 912. The molecular formula is C17H19N7O2. The van der Waals surface area contributed by atoms with Crippen molar-refractivity contribution in [2.75, 3.05) is 24.5 Å². The minimum atomic E-state index is -0.336. The molecule has 3 aromatic heterocycles. The molecule has 0 radical (unpaired) electrons. The number of fused-ring (bicyclic) bond motifs is 1. The summed E-state index contributed by atoms with van der Waals surface area (Å²) in [7, 11) is 0. The molecule has 1 aliphatic heterocycles. The van der Waals surface area contributed by atoms with Crippen LogP contribution in [0.1, 0.15) is 11.4 Å². The second kappa shape index (κ2) is 7.04. The number of hydrogen-bond acceptors (Lipinski definition) is 8. The topological polar surface area (TPSA) is 109 Å². The highest BCUT2D eigenvalue weighted by atomic mass is 16.5. The van der Waals surface area contributed by atoms with Crippen LogP contribution in [-0.2, 0) is 11.3 Å². The van der Waals surface area contributed by atoms with Crippen LogP contribution < -0.4 is 15.5 Å². The highest BCUT2D eigenvalue weighted by Gasteiger charge is 2.28. The Morgan fingerprint density at radius 3 is 3.15 bits per heavy atom. The van der Waals surface area contributed by atoms with E-state index in [-0.39, 0.29) is 11.9 Å². The van der Waals surface area contributed by atoms with Gasteiger partial charge in [-0.3, -0.25) is 9.78 Å². The van der Waals surface area contributed by atoms with Crippen LogP contribution in [0.25, 0.3) is 11.1 Å². The van der Waals surface area contributed by atoms with Gasteiger partial charge in [0.25, 0.3) is 5.71 Å². The van der Waals surface area contributed by atoms with E-state index in [0.717, 1.165) is 29.1 Å². The molecule has 9 heteroatoms. The zero-order chi connectivity index (χ0) is 17.9. The molecule has 0 spiro atoms. The Morgan fingerprint density at radius 2 is 2.31 bits per heavy atom. The van der Waals surface area contributed by atoms with Crippen LogP contribution in [-0.4, -0.2) is 51.7 Å². The largest absolute Gasteiger partial charge is 0.352 e. The molecule has 1 amide bonds. The average molecular weight is 353 g/mol. The van der Waals surface area contributed by atoms with E-state index in [2.05, 4.69) is 35.6 Å². The van der Waals surface area contributed by atoms with Gasteiger partial charge in [0.1, 0.15) is 23.6 Å². The van der Waals surface area contributed by atoms with Gasteiger partial charge in [-0.25, -0.2) is 4.98 Å². The van der Waals surface area contributed by atoms with Crippen molar-refractivity contribution in [2.45, 2.75) is 19.5 Å². The van der Waals surface area contributed by atoms with Gasteiger partial charge in [-0.1, -0.05) is 11.2 Å². The molecule has 0 aromatic carbocycles. The fourth-order valence-electron chi connectivity index (χ4n) is 3.07. The van der Waals surface area contributed by atoms with Crippen molar-refractivity contribution >= 4 is 22.8 Å². The Hall–Kier alpha value is -3.07. The number of nitrogens with zero attached hydrogens (tertiary/aromatic N) is 5. The number of aryl methyl sites for hydroxylation is 1. The summed E-state index contributed by atoms with van der Waals surface area (Å²) in [6.45, 7) is 4.18. The van der Waals surface area contributed by atoms with Gasteiger partial charge in [-0.05, 0) is 19.1 Å². The lowest BCUT2D eigenvalue weighted by Gasteiger charge is -2.33. The lowest BCUT2D eigenvalue weighted by Crippen LogP contribution is -2.57. The summed E-state index contributed by atoms with van der Waals surface area (Å²) in [5.41, 5.74) is 2.03. The second-order valence-corrected chi connectivity index (χ2v) is 6.14. The maximum absolute atomic E-state index is 12.5. The van der Waals surface area contributed by atoms with E-state index in [0.29, 0.717) is 25.3 Å². The third-order valence-corrected chi connectivity index (χ3v) is 4.38. The number of amides is 1. The number of anilines is 1. The molecule has 26 heavy (non-hydrogen) atoms. The summed E-state index contributed by atoms with van der Waals surface area (Å²) >= 11 is 0. The van der Waals surface area contributed by atoms with Crippen molar-refractivity contribution < 1.29 is 9.32 Å². The van der Waals surface area contributed by atoms with Crippen molar-refractivity contribution in [3.05, 3.63) is 42.1 Å². The number of piperazine rings is 1. The maximum Gasteiger partial charge on any atom is 0.263 e. The number of hydrogen-bond donors (Lipinski definition) is 2. The van der Waals surface area contributed by atoms with Crippen LogP contribution in [0.5, 0.6) is 0 Å². The molecule has 9 nitrogen and oxygen atoms in total. The number of nitrogens with one attached hydrogen (secondary N) is 2. The van der Waals surface area contributed by atoms with Gasteiger partial charge in [-0.15, -0.1) is 0 Å². The first-order chi connectivity index (χ1) is 12.7. The van der Waals surface area contributed by atoms with Crippen molar-refractivity contribution in [1.82, 2.24) is 30.7 Å². The normalized spacial score (nSPS) is 17.4. The third-order valence-electron chi connectivity index (χ3n) is 4.38. The average Bonchev–Trinajstić information content (AvgIpc) is 3.08. The summed E-state index contributed by atoms with van der Waals surface area (Å²) < 4.78 is 5.21. The molecule has 1 aliphatic rings. The molecular weight excluding hydrogens is 334 g/mol. The molecule has 3 aromatic rings. The fraction of sp³-hybridized carbons (Fsp3) is 0.353. The smallest absolute Gasteiger partial charge is 0.263 e. The monoisotopic (exact) mass is 353 g/mol. The lowest BCUT2D eigenvalue weighted by molar-refractivity contribution is -0.123. The minimum absolute atomic E-state index is 0.0623. The lowest BCUT2D eigenvalue weighted by atomic mass is 10.1. The number of carbonyl (C=O) groups is 1. The number of carbonyl (C=O) groups excluding carboxylic acids is 1. The molecule has 4 rings (SSSR count). The van der Waals surface area contributed by atoms with E-state index in [4.69, 9.17) is 4.52 Å². The van der Waals surface area contributed by atoms with Crippen molar-refractivity contribution in [2.24, 2.45) is 0 Å². The zero-order valence-corrected chi connectivity index (χ0v) is 14.3. The van der Waals surface area contributed by atoms with Gasteiger partial charge in [0.15, 0.2) is 0 Å². The molecule has 1 fully saturated rings. The van der Waals surface area contributed by atoms with Gasteiger partial charge in [0, 0.05) is 25.8 Å². The second-order valence-electron chi connectivity index (χ2n) is 6.14. The predicted molar refractivity (Wildman–Crippen MR) is 94.4 cm³/mol. The van der Waals surface area contributed by atoms with Crippen LogP contribution in [0.3, 0.4) is 0 Å². The first kappa shape index (κ1) is 16.4. The van der Waals surface area contributed by atoms with Crippen LogP contribution >= 0.6 is 0 Å². The maximum atomic E-state index is 12.5. The first-order valence-corrected chi connectivity index (χ1v) is 8.45. The molecule has 1 atom stereocenters. The summed E-state index contributed by atoms with van der Waals surface area (Å²) in [6.07, 6.45) is 3.17. The Labute approximate surface area is 149 Å². The third kappa shape index (κ3) is 3.21. The summed E-state index contributed by atoms with van der Waals surface area (Å²) in [5, 5.41) is 10.9. The highest BCUT2D eigenvalue weighted by molar-refractivity contribution is 5.89. The molecule has 0 aliphatic carbocycles. The van der Waals surface area contributed by atoms with Gasteiger partial charge in [0.05, 0.1) is 17.9 Å². The van der Waals surface area contributed by atoms with E-state index in [1.165, 1.54) is 6.33 Å². The van der Waals surface area contributed by atoms with E-state index in [9.17, 15) is 4.79 Å². The Morgan fingerprint density at radius 1 is 1.38 bits per heavy atom. The molecule has 2 N–H and O–H groups in total. The highest BCUT2D eigenvalue weighted by Crippen LogP contribution is 2.26. The molecule has 1 unspecified atom stereocenters. The Balaban J connectivity index is 1.47. The van der Waals surface area contributed by atoms with E-state index in [1.807, 2.05) is 25.1 Å².